The number of phenols is 1. The SMILES string of the molecule is CCN(CC)C(=O)c1cccc(O)c1I. The van der Waals surface area contributed by atoms with Crippen molar-refractivity contribution in [3.63, 3.8) is 0 Å². The molecule has 1 N–H and O–H groups in total. The Morgan fingerprint density at radius 2 is 2.00 bits per heavy atom. The second-order valence-electron chi connectivity index (χ2n) is 3.12. The van der Waals surface area contributed by atoms with Crippen LogP contribution in [0.4, 0.5) is 0 Å². The molecular formula is C11H14INO2. The van der Waals surface area contributed by atoms with Crippen molar-refractivity contribution in [3.05, 3.63) is 27.3 Å². The van der Waals surface area contributed by atoms with E-state index in [9.17, 15) is 9.90 Å². The molecule has 4 heteroatoms. The molecule has 0 heterocycles. The summed E-state index contributed by atoms with van der Waals surface area (Å²) in [5.74, 6) is 0.133. The average molecular weight is 319 g/mol. The molecule has 1 rings (SSSR count). The summed E-state index contributed by atoms with van der Waals surface area (Å²) in [5.41, 5.74) is 0.569. The molecule has 0 aliphatic carbocycles. The lowest BCUT2D eigenvalue weighted by molar-refractivity contribution is 0.0771. The Kier molecular flexibility index (Phi) is 4.38. The van der Waals surface area contributed by atoms with Gasteiger partial charge in [0, 0.05) is 13.1 Å². The molecule has 0 spiro atoms. The van der Waals surface area contributed by atoms with Crippen LogP contribution in [0.3, 0.4) is 0 Å². The molecule has 0 aliphatic rings. The van der Waals surface area contributed by atoms with Gasteiger partial charge in [0.2, 0.25) is 0 Å². The Morgan fingerprint density at radius 3 is 2.53 bits per heavy atom. The van der Waals surface area contributed by atoms with Crippen molar-refractivity contribution in [2.75, 3.05) is 13.1 Å². The van der Waals surface area contributed by atoms with Crippen molar-refractivity contribution < 1.29 is 9.90 Å². The van der Waals surface area contributed by atoms with Crippen molar-refractivity contribution >= 4 is 28.5 Å². The molecule has 1 aromatic carbocycles. The standard InChI is InChI=1S/C11H14INO2/c1-3-13(4-2)11(15)8-6-5-7-9(14)10(8)12/h5-7,14H,3-4H2,1-2H3. The van der Waals surface area contributed by atoms with E-state index in [1.807, 2.05) is 36.4 Å². The summed E-state index contributed by atoms with van der Waals surface area (Å²) in [6.45, 7) is 5.25. The van der Waals surface area contributed by atoms with Gasteiger partial charge in [0.05, 0.1) is 9.13 Å². The van der Waals surface area contributed by atoms with E-state index in [2.05, 4.69) is 0 Å². The van der Waals surface area contributed by atoms with Crippen LogP contribution in [-0.4, -0.2) is 29.0 Å². The van der Waals surface area contributed by atoms with E-state index in [0.29, 0.717) is 22.2 Å². The predicted octanol–water partition coefficient (Wildman–Crippen LogP) is 2.48. The molecule has 0 bridgehead atoms. The third-order valence-electron chi connectivity index (χ3n) is 2.26. The molecule has 3 nitrogen and oxygen atoms in total. The molecule has 0 saturated heterocycles. The van der Waals surface area contributed by atoms with Gasteiger partial charge in [-0.15, -0.1) is 0 Å². The number of aromatic hydroxyl groups is 1. The highest BCUT2D eigenvalue weighted by Crippen LogP contribution is 2.23. The van der Waals surface area contributed by atoms with Crippen LogP contribution in [0.25, 0.3) is 0 Å². The molecule has 0 atom stereocenters. The largest absolute Gasteiger partial charge is 0.507 e. The topological polar surface area (TPSA) is 40.5 Å². The highest BCUT2D eigenvalue weighted by molar-refractivity contribution is 14.1. The van der Waals surface area contributed by atoms with Crippen molar-refractivity contribution in [1.29, 1.82) is 0 Å². The van der Waals surface area contributed by atoms with E-state index in [0.717, 1.165) is 0 Å². The highest BCUT2D eigenvalue weighted by atomic mass is 127. The van der Waals surface area contributed by atoms with Gasteiger partial charge in [0.1, 0.15) is 5.75 Å². The third kappa shape index (κ3) is 2.62. The first-order valence-electron chi connectivity index (χ1n) is 4.88. The number of hydrogen-bond acceptors (Lipinski definition) is 2. The monoisotopic (exact) mass is 319 g/mol. The van der Waals surface area contributed by atoms with Crippen molar-refractivity contribution in [2.24, 2.45) is 0 Å². The van der Waals surface area contributed by atoms with Gasteiger partial charge < -0.3 is 10.0 Å². The Hall–Kier alpha value is -0.780. The fourth-order valence-electron chi connectivity index (χ4n) is 1.37. The minimum Gasteiger partial charge on any atom is -0.507 e. The molecule has 82 valence electrons. The lowest BCUT2D eigenvalue weighted by atomic mass is 10.2. The molecular weight excluding hydrogens is 305 g/mol. The number of amides is 1. The summed E-state index contributed by atoms with van der Waals surface area (Å²) in [6.07, 6.45) is 0. The van der Waals surface area contributed by atoms with Crippen LogP contribution >= 0.6 is 22.6 Å². The van der Waals surface area contributed by atoms with E-state index in [-0.39, 0.29) is 11.7 Å². The van der Waals surface area contributed by atoms with Crippen LogP contribution in [0.15, 0.2) is 18.2 Å². The third-order valence-corrected chi connectivity index (χ3v) is 3.39. The molecule has 0 radical (unpaired) electrons. The summed E-state index contributed by atoms with van der Waals surface area (Å²) in [5, 5.41) is 9.50. The maximum atomic E-state index is 12.0. The van der Waals surface area contributed by atoms with Gasteiger partial charge in [-0.2, -0.15) is 0 Å². The van der Waals surface area contributed by atoms with Gasteiger partial charge in [-0.25, -0.2) is 0 Å². The van der Waals surface area contributed by atoms with Crippen LogP contribution in [-0.2, 0) is 0 Å². The van der Waals surface area contributed by atoms with Crippen LogP contribution < -0.4 is 0 Å². The number of halogens is 1. The van der Waals surface area contributed by atoms with E-state index in [4.69, 9.17) is 0 Å². The maximum absolute atomic E-state index is 12.0. The summed E-state index contributed by atoms with van der Waals surface area (Å²) < 4.78 is 0.618. The van der Waals surface area contributed by atoms with Crippen LogP contribution in [0.1, 0.15) is 24.2 Å². The molecule has 1 aromatic rings. The minimum atomic E-state index is -0.0275. The van der Waals surface area contributed by atoms with Crippen LogP contribution in [0.2, 0.25) is 0 Å². The van der Waals surface area contributed by atoms with Crippen molar-refractivity contribution in [2.45, 2.75) is 13.8 Å². The number of phenolic OH excluding ortho intramolecular Hbond substituents is 1. The lowest BCUT2D eigenvalue weighted by Gasteiger charge is -2.19. The Bertz CT molecular complexity index is 362. The maximum Gasteiger partial charge on any atom is 0.255 e. The molecule has 1 amide bonds. The fourth-order valence-corrected chi connectivity index (χ4v) is 1.96. The van der Waals surface area contributed by atoms with Gasteiger partial charge in [-0.3, -0.25) is 4.79 Å². The molecule has 15 heavy (non-hydrogen) atoms. The normalized spacial score (nSPS) is 10.1. The number of nitrogens with zero attached hydrogens (tertiary/aromatic N) is 1. The Morgan fingerprint density at radius 1 is 1.40 bits per heavy atom. The van der Waals surface area contributed by atoms with E-state index in [1.165, 1.54) is 0 Å². The predicted molar refractivity (Wildman–Crippen MR) is 68.1 cm³/mol. The number of rotatable bonds is 3. The summed E-state index contributed by atoms with van der Waals surface area (Å²) in [7, 11) is 0. The second kappa shape index (κ2) is 5.34. The van der Waals surface area contributed by atoms with Crippen molar-refractivity contribution in [3.8, 4) is 5.75 Å². The molecule has 0 unspecified atom stereocenters. The molecule has 0 saturated carbocycles. The fraction of sp³-hybridized carbons (Fsp3) is 0.364. The first-order valence-corrected chi connectivity index (χ1v) is 5.96. The van der Waals surface area contributed by atoms with E-state index < -0.39 is 0 Å². The zero-order valence-corrected chi connectivity index (χ0v) is 11.0. The number of carbonyl (C=O) groups excluding carboxylic acids is 1. The van der Waals surface area contributed by atoms with E-state index >= 15 is 0 Å². The zero-order valence-electron chi connectivity index (χ0n) is 8.83. The summed E-state index contributed by atoms with van der Waals surface area (Å²) in [4.78, 5) is 13.7. The van der Waals surface area contributed by atoms with Gasteiger partial charge in [-0.1, -0.05) is 6.07 Å². The quantitative estimate of drug-likeness (QED) is 0.870. The Balaban J connectivity index is 3.05. The zero-order chi connectivity index (χ0) is 11.4. The first kappa shape index (κ1) is 12.3. The summed E-state index contributed by atoms with van der Waals surface area (Å²) in [6, 6.07) is 5.01. The minimum absolute atomic E-state index is 0.0275. The Labute approximate surface area is 103 Å². The highest BCUT2D eigenvalue weighted by Gasteiger charge is 2.16. The van der Waals surface area contributed by atoms with Crippen LogP contribution in [0.5, 0.6) is 5.75 Å². The average Bonchev–Trinajstić information content (AvgIpc) is 2.23. The van der Waals surface area contributed by atoms with Gasteiger partial charge >= 0.3 is 0 Å². The van der Waals surface area contributed by atoms with E-state index in [1.54, 1.807) is 23.1 Å². The van der Waals surface area contributed by atoms with Crippen LogP contribution in [0, 0.1) is 3.57 Å². The lowest BCUT2D eigenvalue weighted by Crippen LogP contribution is -2.30. The molecule has 0 aliphatic heterocycles. The summed E-state index contributed by atoms with van der Waals surface area (Å²) >= 11 is 1.99. The number of benzene rings is 1. The molecule has 0 fully saturated rings. The second-order valence-corrected chi connectivity index (χ2v) is 4.19. The number of hydrogen-bond donors (Lipinski definition) is 1. The van der Waals surface area contributed by atoms with Crippen molar-refractivity contribution in [1.82, 2.24) is 4.90 Å². The number of carbonyl (C=O) groups is 1. The smallest absolute Gasteiger partial charge is 0.255 e. The van der Waals surface area contributed by atoms with Gasteiger partial charge in [0.25, 0.3) is 5.91 Å². The van der Waals surface area contributed by atoms with Gasteiger partial charge in [0.15, 0.2) is 0 Å². The molecule has 0 aromatic heterocycles. The van der Waals surface area contributed by atoms with Gasteiger partial charge in [-0.05, 0) is 48.6 Å². The first-order chi connectivity index (χ1) is 7.11.